The number of carboxylic acid groups (broad SMARTS) is 1. The van der Waals surface area contributed by atoms with Crippen molar-refractivity contribution in [3.8, 4) is 0 Å². The maximum absolute atomic E-state index is 13.5. The lowest BCUT2D eigenvalue weighted by molar-refractivity contribution is -0.137. The van der Waals surface area contributed by atoms with Crippen LogP contribution in [-0.4, -0.2) is 35.5 Å². The standard InChI is InChI=1S/C11H11BrFNO3/c1-14(5-4-10(15)16)11(17)8-3-2-7(12)6-9(8)13/h2-3,6H,4-5H2,1H3,(H,15,16). The first-order chi connectivity index (χ1) is 7.91. The van der Waals surface area contributed by atoms with Gasteiger partial charge in [-0.2, -0.15) is 0 Å². The van der Waals surface area contributed by atoms with Crippen molar-refractivity contribution in [3.05, 3.63) is 34.1 Å². The van der Waals surface area contributed by atoms with Gasteiger partial charge in [0.1, 0.15) is 5.82 Å². The van der Waals surface area contributed by atoms with Crippen molar-refractivity contribution in [1.29, 1.82) is 0 Å². The summed E-state index contributed by atoms with van der Waals surface area (Å²) in [6.45, 7) is 0.0453. The van der Waals surface area contributed by atoms with Crippen molar-refractivity contribution in [1.82, 2.24) is 4.90 Å². The van der Waals surface area contributed by atoms with E-state index in [0.29, 0.717) is 4.47 Å². The van der Waals surface area contributed by atoms with E-state index >= 15 is 0 Å². The molecule has 1 rings (SSSR count). The highest BCUT2D eigenvalue weighted by molar-refractivity contribution is 9.10. The molecule has 92 valence electrons. The zero-order valence-corrected chi connectivity index (χ0v) is 10.7. The highest BCUT2D eigenvalue weighted by Gasteiger charge is 2.16. The highest BCUT2D eigenvalue weighted by Crippen LogP contribution is 2.16. The molecular weight excluding hydrogens is 293 g/mol. The molecule has 4 nitrogen and oxygen atoms in total. The van der Waals surface area contributed by atoms with Crippen molar-refractivity contribution < 1.29 is 19.1 Å². The van der Waals surface area contributed by atoms with Gasteiger partial charge in [-0.3, -0.25) is 9.59 Å². The molecule has 1 N–H and O–H groups in total. The molecule has 1 amide bonds. The third kappa shape index (κ3) is 3.81. The molecule has 1 aromatic carbocycles. The SMILES string of the molecule is CN(CCC(=O)O)C(=O)c1ccc(Br)cc1F. The van der Waals surface area contributed by atoms with Crippen LogP contribution in [0.4, 0.5) is 4.39 Å². The molecule has 1 aromatic rings. The summed E-state index contributed by atoms with van der Waals surface area (Å²) in [5, 5.41) is 8.49. The van der Waals surface area contributed by atoms with Gasteiger partial charge in [0.15, 0.2) is 0 Å². The predicted molar refractivity (Wildman–Crippen MR) is 63.3 cm³/mol. The highest BCUT2D eigenvalue weighted by atomic mass is 79.9. The number of carbonyl (C=O) groups excluding carboxylic acids is 1. The summed E-state index contributed by atoms with van der Waals surface area (Å²) in [7, 11) is 1.44. The van der Waals surface area contributed by atoms with Crippen LogP contribution in [0.5, 0.6) is 0 Å². The average molecular weight is 304 g/mol. The largest absolute Gasteiger partial charge is 0.481 e. The molecule has 0 fully saturated rings. The zero-order chi connectivity index (χ0) is 13.0. The van der Waals surface area contributed by atoms with E-state index < -0.39 is 17.7 Å². The monoisotopic (exact) mass is 303 g/mol. The van der Waals surface area contributed by atoms with Gasteiger partial charge in [-0.15, -0.1) is 0 Å². The Morgan fingerprint density at radius 2 is 2.12 bits per heavy atom. The van der Waals surface area contributed by atoms with E-state index in [-0.39, 0.29) is 18.5 Å². The van der Waals surface area contributed by atoms with Gasteiger partial charge in [-0.25, -0.2) is 4.39 Å². The zero-order valence-electron chi connectivity index (χ0n) is 9.11. The molecule has 0 aliphatic heterocycles. The maximum atomic E-state index is 13.5. The quantitative estimate of drug-likeness (QED) is 0.927. The van der Waals surface area contributed by atoms with Gasteiger partial charge in [-0.05, 0) is 18.2 Å². The Bertz CT molecular complexity index is 450. The van der Waals surface area contributed by atoms with Crippen LogP contribution in [-0.2, 0) is 4.79 Å². The van der Waals surface area contributed by atoms with Gasteiger partial charge in [-0.1, -0.05) is 15.9 Å². The van der Waals surface area contributed by atoms with E-state index in [9.17, 15) is 14.0 Å². The average Bonchev–Trinajstić information content (AvgIpc) is 2.25. The first kappa shape index (κ1) is 13.6. The molecule has 0 radical (unpaired) electrons. The summed E-state index contributed by atoms with van der Waals surface area (Å²) >= 11 is 3.09. The molecule has 0 spiro atoms. The number of nitrogens with zero attached hydrogens (tertiary/aromatic N) is 1. The van der Waals surface area contributed by atoms with E-state index in [4.69, 9.17) is 5.11 Å². The van der Waals surface area contributed by atoms with Crippen LogP contribution < -0.4 is 0 Å². The molecule has 0 aliphatic rings. The molecular formula is C11H11BrFNO3. The summed E-state index contributed by atoms with van der Waals surface area (Å²) in [4.78, 5) is 23.3. The van der Waals surface area contributed by atoms with Crippen LogP contribution >= 0.6 is 15.9 Å². The Labute approximate surface area is 106 Å². The van der Waals surface area contributed by atoms with Gasteiger partial charge in [0.25, 0.3) is 5.91 Å². The van der Waals surface area contributed by atoms with Crippen LogP contribution in [0.25, 0.3) is 0 Å². The number of amides is 1. The van der Waals surface area contributed by atoms with Crippen molar-refractivity contribution in [2.75, 3.05) is 13.6 Å². The number of carbonyl (C=O) groups is 2. The number of carboxylic acids is 1. The third-order valence-electron chi connectivity index (χ3n) is 2.17. The lowest BCUT2D eigenvalue weighted by Crippen LogP contribution is -2.29. The Morgan fingerprint density at radius 3 is 2.65 bits per heavy atom. The molecule has 0 aliphatic carbocycles. The number of rotatable bonds is 4. The number of aliphatic carboxylic acids is 1. The van der Waals surface area contributed by atoms with Crippen LogP contribution in [0, 0.1) is 5.82 Å². The fraction of sp³-hybridized carbons (Fsp3) is 0.273. The van der Waals surface area contributed by atoms with E-state index in [1.165, 1.54) is 24.1 Å². The summed E-state index contributed by atoms with van der Waals surface area (Å²) in [5.41, 5.74) is -0.0684. The van der Waals surface area contributed by atoms with Crippen LogP contribution in [0.15, 0.2) is 22.7 Å². The summed E-state index contributed by atoms with van der Waals surface area (Å²) in [6.07, 6.45) is -0.166. The first-order valence-corrected chi connectivity index (χ1v) is 5.63. The molecule has 0 aromatic heterocycles. The fourth-order valence-electron chi connectivity index (χ4n) is 1.23. The Hall–Kier alpha value is -1.43. The third-order valence-corrected chi connectivity index (χ3v) is 2.66. The lowest BCUT2D eigenvalue weighted by Gasteiger charge is -2.16. The Kier molecular flexibility index (Phi) is 4.62. The minimum atomic E-state index is -0.999. The Balaban J connectivity index is 2.78. The van der Waals surface area contributed by atoms with Crippen molar-refractivity contribution in [2.45, 2.75) is 6.42 Å². The number of halogens is 2. The smallest absolute Gasteiger partial charge is 0.305 e. The predicted octanol–water partition coefficient (Wildman–Crippen LogP) is 2.13. The Morgan fingerprint density at radius 1 is 1.47 bits per heavy atom. The van der Waals surface area contributed by atoms with Gasteiger partial charge >= 0.3 is 5.97 Å². The van der Waals surface area contributed by atoms with E-state index in [2.05, 4.69) is 15.9 Å². The number of hydrogen-bond donors (Lipinski definition) is 1. The molecule has 0 unspecified atom stereocenters. The van der Waals surface area contributed by atoms with Crippen LogP contribution in [0.1, 0.15) is 16.8 Å². The van der Waals surface area contributed by atoms with Gasteiger partial charge < -0.3 is 10.0 Å². The van der Waals surface area contributed by atoms with E-state index in [0.717, 1.165) is 0 Å². The van der Waals surface area contributed by atoms with Crippen molar-refractivity contribution >= 4 is 27.8 Å². The normalized spacial score (nSPS) is 10.1. The summed E-state index contributed by atoms with van der Waals surface area (Å²) in [5.74, 6) is -2.16. The first-order valence-electron chi connectivity index (χ1n) is 4.84. The van der Waals surface area contributed by atoms with Crippen LogP contribution in [0.3, 0.4) is 0 Å². The van der Waals surface area contributed by atoms with Crippen LogP contribution in [0.2, 0.25) is 0 Å². The second kappa shape index (κ2) is 5.77. The van der Waals surface area contributed by atoms with Crippen molar-refractivity contribution in [2.24, 2.45) is 0 Å². The maximum Gasteiger partial charge on any atom is 0.305 e. The fourth-order valence-corrected chi connectivity index (χ4v) is 1.57. The molecule has 0 saturated heterocycles. The molecule has 0 saturated carbocycles. The minimum absolute atomic E-state index is 0.0453. The molecule has 17 heavy (non-hydrogen) atoms. The van der Waals surface area contributed by atoms with E-state index in [1.54, 1.807) is 6.07 Å². The van der Waals surface area contributed by atoms with Crippen molar-refractivity contribution in [3.63, 3.8) is 0 Å². The number of hydrogen-bond acceptors (Lipinski definition) is 2. The van der Waals surface area contributed by atoms with Gasteiger partial charge in [0.2, 0.25) is 0 Å². The second-order valence-electron chi connectivity index (χ2n) is 3.49. The summed E-state index contributed by atoms with van der Waals surface area (Å²) in [6, 6.07) is 4.11. The number of benzene rings is 1. The van der Waals surface area contributed by atoms with E-state index in [1.807, 2.05) is 0 Å². The van der Waals surface area contributed by atoms with Gasteiger partial charge in [0, 0.05) is 18.1 Å². The molecule has 0 atom stereocenters. The van der Waals surface area contributed by atoms with Gasteiger partial charge in [0.05, 0.1) is 12.0 Å². The molecule has 6 heteroatoms. The second-order valence-corrected chi connectivity index (χ2v) is 4.41. The molecule has 0 heterocycles. The lowest BCUT2D eigenvalue weighted by atomic mass is 10.2. The minimum Gasteiger partial charge on any atom is -0.481 e. The topological polar surface area (TPSA) is 57.6 Å². The summed E-state index contributed by atoms with van der Waals surface area (Å²) < 4.78 is 14.0. The molecule has 0 bridgehead atoms.